The van der Waals surface area contributed by atoms with Crippen molar-refractivity contribution in [3.8, 4) is 17.3 Å². The lowest BCUT2D eigenvalue weighted by molar-refractivity contribution is -0.121. The third-order valence-corrected chi connectivity index (χ3v) is 6.16. The molecule has 0 fully saturated rings. The van der Waals surface area contributed by atoms with Crippen LogP contribution in [0.3, 0.4) is 0 Å². The van der Waals surface area contributed by atoms with Crippen LogP contribution in [-0.2, 0) is 16.6 Å². The summed E-state index contributed by atoms with van der Waals surface area (Å²) in [6.45, 7) is 5.46. The topological polar surface area (TPSA) is 75.8 Å². The highest BCUT2D eigenvalue weighted by Crippen LogP contribution is 2.51. The highest BCUT2D eigenvalue weighted by molar-refractivity contribution is 6.02. The summed E-state index contributed by atoms with van der Waals surface area (Å²) >= 11 is 0. The number of carbonyl (C=O) groups is 2. The summed E-state index contributed by atoms with van der Waals surface area (Å²) in [6, 6.07) is 11.9. The van der Waals surface area contributed by atoms with E-state index in [1.165, 1.54) is 11.6 Å². The van der Waals surface area contributed by atoms with Crippen molar-refractivity contribution in [3.63, 3.8) is 0 Å². The standard InChI is InChI=1S/C22H21N3O2/c1-13-18-10-9-17-19(15-7-5-4-6-8-15)25(14(2)26)24-21(17)22(18,3)11-16(12-23)20(13)27/h4-8,11,13,18H,9-10H2,1-3H3. The number of nitrogens with zero attached hydrogens (tertiary/aromatic N) is 3. The van der Waals surface area contributed by atoms with Gasteiger partial charge in [0.1, 0.15) is 6.07 Å². The van der Waals surface area contributed by atoms with Crippen molar-refractivity contribution in [1.29, 1.82) is 5.26 Å². The largest absolute Gasteiger partial charge is 0.293 e. The van der Waals surface area contributed by atoms with E-state index in [2.05, 4.69) is 6.07 Å². The summed E-state index contributed by atoms with van der Waals surface area (Å²) in [7, 11) is 0. The smallest absolute Gasteiger partial charge is 0.244 e. The molecule has 1 aromatic heterocycles. The first-order valence-corrected chi connectivity index (χ1v) is 9.24. The number of Topliss-reactive ketones (excluding diaryl/α,β-unsaturated/α-hetero) is 1. The zero-order valence-corrected chi connectivity index (χ0v) is 15.7. The molecule has 0 saturated heterocycles. The molecule has 2 aliphatic rings. The minimum Gasteiger partial charge on any atom is -0.293 e. The summed E-state index contributed by atoms with van der Waals surface area (Å²) in [4.78, 5) is 24.8. The Kier molecular flexibility index (Phi) is 3.88. The maximum atomic E-state index is 12.5. The Morgan fingerprint density at radius 3 is 2.67 bits per heavy atom. The van der Waals surface area contributed by atoms with E-state index in [4.69, 9.17) is 5.10 Å². The Hall–Kier alpha value is -3.00. The van der Waals surface area contributed by atoms with E-state index in [-0.39, 0.29) is 29.1 Å². The number of rotatable bonds is 1. The highest BCUT2D eigenvalue weighted by atomic mass is 16.2. The summed E-state index contributed by atoms with van der Waals surface area (Å²) in [5.74, 6) is -0.385. The second-order valence-electron chi connectivity index (χ2n) is 7.72. The minimum atomic E-state index is -0.532. The number of fused-ring (bicyclic) bond motifs is 3. The first kappa shape index (κ1) is 17.4. The van der Waals surface area contributed by atoms with Gasteiger partial charge in [-0.05, 0) is 18.8 Å². The van der Waals surface area contributed by atoms with Gasteiger partial charge in [0.2, 0.25) is 5.91 Å². The molecule has 0 radical (unpaired) electrons. The fraction of sp³-hybridized carbons (Fsp3) is 0.364. The molecule has 136 valence electrons. The number of carbonyl (C=O) groups excluding carboxylic acids is 2. The average molecular weight is 359 g/mol. The van der Waals surface area contributed by atoms with Gasteiger partial charge < -0.3 is 0 Å². The number of hydrogen-bond acceptors (Lipinski definition) is 4. The van der Waals surface area contributed by atoms with Gasteiger partial charge in [0.05, 0.1) is 17.0 Å². The van der Waals surface area contributed by atoms with Crippen LogP contribution >= 0.6 is 0 Å². The van der Waals surface area contributed by atoms with Crippen LogP contribution in [-0.4, -0.2) is 21.5 Å². The molecule has 1 aromatic carbocycles. The molecular formula is C22H21N3O2. The van der Waals surface area contributed by atoms with Gasteiger partial charge >= 0.3 is 0 Å². The molecule has 3 unspecified atom stereocenters. The van der Waals surface area contributed by atoms with Crippen LogP contribution in [0.5, 0.6) is 0 Å². The molecule has 5 nitrogen and oxygen atoms in total. The van der Waals surface area contributed by atoms with Gasteiger partial charge in [-0.2, -0.15) is 15.0 Å². The lowest BCUT2D eigenvalue weighted by Gasteiger charge is -2.44. The van der Waals surface area contributed by atoms with E-state index in [0.29, 0.717) is 0 Å². The van der Waals surface area contributed by atoms with E-state index in [0.717, 1.165) is 35.4 Å². The van der Waals surface area contributed by atoms with Crippen LogP contribution in [0.15, 0.2) is 42.0 Å². The third kappa shape index (κ3) is 2.40. The van der Waals surface area contributed by atoms with Crippen molar-refractivity contribution in [2.75, 3.05) is 0 Å². The van der Waals surface area contributed by atoms with Crippen molar-refractivity contribution in [1.82, 2.24) is 9.78 Å². The summed E-state index contributed by atoms with van der Waals surface area (Å²) in [6.07, 6.45) is 3.37. The molecule has 0 spiro atoms. The van der Waals surface area contributed by atoms with E-state index in [1.807, 2.05) is 44.2 Å². The van der Waals surface area contributed by atoms with Gasteiger partial charge in [0.15, 0.2) is 5.78 Å². The van der Waals surface area contributed by atoms with Crippen molar-refractivity contribution >= 4 is 11.7 Å². The molecule has 5 heteroatoms. The second-order valence-corrected chi connectivity index (χ2v) is 7.72. The maximum absolute atomic E-state index is 12.5. The first-order chi connectivity index (χ1) is 12.9. The zero-order chi connectivity index (χ0) is 19.3. The molecule has 1 heterocycles. The SMILES string of the molecule is CC(=O)n1nc2c(c1-c1ccccc1)CCC1C(C)C(=O)C(C#N)=CC21C. The normalized spacial score (nSPS) is 26.6. The van der Waals surface area contributed by atoms with Crippen molar-refractivity contribution in [3.05, 3.63) is 53.2 Å². The molecule has 4 rings (SSSR count). The number of benzene rings is 1. The van der Waals surface area contributed by atoms with Gasteiger partial charge in [-0.25, -0.2) is 0 Å². The van der Waals surface area contributed by atoms with Gasteiger partial charge in [0.25, 0.3) is 0 Å². The monoisotopic (exact) mass is 359 g/mol. The van der Waals surface area contributed by atoms with Crippen LogP contribution in [0.1, 0.15) is 43.2 Å². The Labute approximate surface area is 158 Å². The lowest BCUT2D eigenvalue weighted by atomic mass is 9.58. The highest BCUT2D eigenvalue weighted by Gasteiger charge is 2.50. The second kappa shape index (κ2) is 6.02. The molecular weight excluding hydrogens is 338 g/mol. The maximum Gasteiger partial charge on any atom is 0.244 e. The van der Waals surface area contributed by atoms with Gasteiger partial charge in [-0.1, -0.05) is 50.3 Å². The van der Waals surface area contributed by atoms with E-state index >= 15 is 0 Å². The lowest BCUT2D eigenvalue weighted by Crippen LogP contribution is -2.45. The number of nitriles is 1. The summed E-state index contributed by atoms with van der Waals surface area (Å²) in [5, 5.41) is 14.2. The summed E-state index contributed by atoms with van der Waals surface area (Å²) in [5.41, 5.74) is 3.32. The van der Waals surface area contributed by atoms with Gasteiger partial charge in [-0.3, -0.25) is 9.59 Å². The van der Waals surface area contributed by atoms with Crippen molar-refractivity contribution in [2.45, 2.75) is 39.0 Å². The molecule has 0 N–H and O–H groups in total. The fourth-order valence-corrected chi connectivity index (χ4v) is 4.85. The fourth-order valence-electron chi connectivity index (χ4n) is 4.85. The molecule has 0 amide bonds. The Bertz CT molecular complexity index is 1030. The van der Waals surface area contributed by atoms with Crippen LogP contribution in [0, 0.1) is 23.2 Å². The molecule has 0 aliphatic heterocycles. The Morgan fingerprint density at radius 2 is 2.04 bits per heavy atom. The number of ketones is 1. The molecule has 0 saturated carbocycles. The quantitative estimate of drug-likeness (QED) is 0.778. The first-order valence-electron chi connectivity index (χ1n) is 9.24. The third-order valence-electron chi connectivity index (χ3n) is 6.16. The molecule has 0 bridgehead atoms. The predicted molar refractivity (Wildman–Crippen MR) is 101 cm³/mol. The minimum absolute atomic E-state index is 0.0773. The molecule has 3 atom stereocenters. The zero-order valence-electron chi connectivity index (χ0n) is 15.7. The van der Waals surface area contributed by atoms with Gasteiger partial charge in [0, 0.05) is 29.4 Å². The molecule has 2 aromatic rings. The summed E-state index contributed by atoms with van der Waals surface area (Å²) < 4.78 is 1.48. The number of allylic oxidation sites excluding steroid dienone is 2. The predicted octanol–water partition coefficient (Wildman–Crippen LogP) is 3.70. The van der Waals surface area contributed by atoms with E-state index < -0.39 is 5.41 Å². The van der Waals surface area contributed by atoms with Crippen LogP contribution in [0.2, 0.25) is 0 Å². The molecule has 2 aliphatic carbocycles. The van der Waals surface area contributed by atoms with Crippen molar-refractivity contribution in [2.24, 2.45) is 11.8 Å². The van der Waals surface area contributed by atoms with E-state index in [9.17, 15) is 14.9 Å². The van der Waals surface area contributed by atoms with Crippen LogP contribution in [0.25, 0.3) is 11.3 Å². The van der Waals surface area contributed by atoms with Crippen LogP contribution in [0.4, 0.5) is 0 Å². The van der Waals surface area contributed by atoms with Gasteiger partial charge in [-0.15, -0.1) is 0 Å². The Balaban J connectivity index is 2.00. The number of aromatic nitrogens is 2. The van der Waals surface area contributed by atoms with E-state index in [1.54, 1.807) is 6.08 Å². The van der Waals surface area contributed by atoms with Crippen LogP contribution < -0.4 is 0 Å². The van der Waals surface area contributed by atoms with Crippen molar-refractivity contribution < 1.29 is 9.59 Å². The average Bonchev–Trinajstić information content (AvgIpc) is 3.07. The number of hydrogen-bond donors (Lipinski definition) is 0. The molecule has 27 heavy (non-hydrogen) atoms. The Morgan fingerprint density at radius 1 is 1.33 bits per heavy atom.